The van der Waals surface area contributed by atoms with E-state index in [0.717, 1.165) is 23.0 Å². The summed E-state index contributed by atoms with van der Waals surface area (Å²) in [4.78, 5) is 13.2. The maximum Gasteiger partial charge on any atom is 0.320 e. The van der Waals surface area contributed by atoms with Crippen LogP contribution in [0.15, 0.2) is 16.6 Å². The molecule has 1 heterocycles. The molecule has 110 valence electrons. The monoisotopic (exact) mass is 343 g/mol. The van der Waals surface area contributed by atoms with Crippen LogP contribution in [-0.2, 0) is 11.3 Å². The van der Waals surface area contributed by atoms with E-state index in [1.54, 1.807) is 14.2 Å². The first-order chi connectivity index (χ1) is 9.58. The summed E-state index contributed by atoms with van der Waals surface area (Å²) >= 11 is 3.52. The highest BCUT2D eigenvalue weighted by Crippen LogP contribution is 2.38. The lowest BCUT2D eigenvalue weighted by Gasteiger charge is -2.22. The SMILES string of the molecule is COc1ccc(CN2CCC[C@@H]2C(=O)O)c(Br)c1OC. The molecule has 0 saturated carbocycles. The van der Waals surface area contributed by atoms with Gasteiger partial charge >= 0.3 is 5.97 Å². The molecule has 20 heavy (non-hydrogen) atoms. The zero-order valence-electron chi connectivity index (χ0n) is 11.6. The number of carboxylic acid groups (broad SMARTS) is 1. The average Bonchev–Trinajstić information content (AvgIpc) is 2.89. The lowest BCUT2D eigenvalue weighted by Crippen LogP contribution is -2.35. The van der Waals surface area contributed by atoms with Gasteiger partial charge in [0.15, 0.2) is 11.5 Å². The maximum atomic E-state index is 11.2. The molecule has 6 heteroatoms. The average molecular weight is 344 g/mol. The third-order valence-corrected chi connectivity index (χ3v) is 4.46. The Kier molecular flexibility index (Phi) is 4.88. The summed E-state index contributed by atoms with van der Waals surface area (Å²) in [6.45, 7) is 1.38. The summed E-state index contributed by atoms with van der Waals surface area (Å²) in [6, 6.07) is 3.38. The van der Waals surface area contributed by atoms with Gasteiger partial charge in [0.25, 0.3) is 0 Å². The van der Waals surface area contributed by atoms with Crippen molar-refractivity contribution >= 4 is 21.9 Å². The number of hydrogen-bond acceptors (Lipinski definition) is 4. The minimum Gasteiger partial charge on any atom is -0.493 e. The van der Waals surface area contributed by atoms with Crippen LogP contribution in [0.5, 0.6) is 11.5 Å². The highest BCUT2D eigenvalue weighted by Gasteiger charge is 2.31. The van der Waals surface area contributed by atoms with E-state index in [9.17, 15) is 9.90 Å². The fraction of sp³-hybridized carbons (Fsp3) is 0.500. The van der Waals surface area contributed by atoms with Gasteiger partial charge in [-0.1, -0.05) is 6.07 Å². The topological polar surface area (TPSA) is 59.0 Å². The van der Waals surface area contributed by atoms with Crippen molar-refractivity contribution in [1.82, 2.24) is 4.90 Å². The molecule has 1 aromatic carbocycles. The van der Waals surface area contributed by atoms with Gasteiger partial charge in [0, 0.05) is 6.54 Å². The lowest BCUT2D eigenvalue weighted by molar-refractivity contribution is -0.142. The van der Waals surface area contributed by atoms with Crippen molar-refractivity contribution < 1.29 is 19.4 Å². The first-order valence-electron chi connectivity index (χ1n) is 6.44. The zero-order valence-corrected chi connectivity index (χ0v) is 13.1. The molecule has 0 radical (unpaired) electrons. The van der Waals surface area contributed by atoms with Crippen LogP contribution >= 0.6 is 15.9 Å². The van der Waals surface area contributed by atoms with E-state index >= 15 is 0 Å². The highest BCUT2D eigenvalue weighted by atomic mass is 79.9. The van der Waals surface area contributed by atoms with E-state index in [1.165, 1.54) is 0 Å². The molecule has 2 rings (SSSR count). The molecule has 1 aromatic rings. The Bertz CT molecular complexity index is 506. The summed E-state index contributed by atoms with van der Waals surface area (Å²) < 4.78 is 11.4. The van der Waals surface area contributed by atoms with Gasteiger partial charge in [0.1, 0.15) is 6.04 Å². The number of nitrogens with zero attached hydrogens (tertiary/aromatic N) is 1. The molecule has 1 saturated heterocycles. The number of carboxylic acids is 1. The molecule has 1 fully saturated rings. The number of halogens is 1. The summed E-state index contributed by atoms with van der Waals surface area (Å²) in [6.07, 6.45) is 1.63. The van der Waals surface area contributed by atoms with Crippen molar-refractivity contribution in [2.75, 3.05) is 20.8 Å². The molecule has 0 bridgehead atoms. The van der Waals surface area contributed by atoms with Gasteiger partial charge < -0.3 is 14.6 Å². The largest absolute Gasteiger partial charge is 0.493 e. The fourth-order valence-corrected chi connectivity index (χ4v) is 3.18. The Morgan fingerprint density at radius 2 is 2.20 bits per heavy atom. The van der Waals surface area contributed by atoms with Gasteiger partial charge in [-0.25, -0.2) is 0 Å². The molecule has 1 aliphatic heterocycles. The van der Waals surface area contributed by atoms with Crippen molar-refractivity contribution in [3.63, 3.8) is 0 Å². The minimum atomic E-state index is -0.751. The first kappa shape index (κ1) is 15.1. The number of rotatable bonds is 5. The maximum absolute atomic E-state index is 11.2. The van der Waals surface area contributed by atoms with Gasteiger partial charge in [-0.05, 0) is 46.9 Å². The Morgan fingerprint density at radius 1 is 1.45 bits per heavy atom. The van der Waals surface area contributed by atoms with Gasteiger partial charge in [-0.2, -0.15) is 0 Å². The molecule has 0 aliphatic carbocycles. The second-order valence-corrected chi connectivity index (χ2v) is 5.53. The van der Waals surface area contributed by atoms with Crippen LogP contribution in [0.1, 0.15) is 18.4 Å². The summed E-state index contributed by atoms with van der Waals surface area (Å²) in [5.74, 6) is 0.537. The standard InChI is InChI=1S/C14H18BrNO4/c1-19-11-6-5-9(12(15)13(11)20-2)8-16-7-3-4-10(16)14(17)18/h5-6,10H,3-4,7-8H2,1-2H3,(H,17,18)/t10-/m1/s1. The van der Waals surface area contributed by atoms with Crippen LogP contribution in [0.4, 0.5) is 0 Å². The Hall–Kier alpha value is -1.27. The van der Waals surface area contributed by atoms with Crippen LogP contribution < -0.4 is 9.47 Å². The van der Waals surface area contributed by atoms with Crippen molar-refractivity contribution in [1.29, 1.82) is 0 Å². The third-order valence-electron chi connectivity index (χ3n) is 3.59. The predicted molar refractivity (Wildman–Crippen MR) is 78.3 cm³/mol. The van der Waals surface area contributed by atoms with Crippen LogP contribution in [0.3, 0.4) is 0 Å². The quantitative estimate of drug-likeness (QED) is 0.890. The van der Waals surface area contributed by atoms with E-state index in [-0.39, 0.29) is 0 Å². The number of aliphatic carboxylic acids is 1. The number of benzene rings is 1. The van der Waals surface area contributed by atoms with Gasteiger partial charge in [0.2, 0.25) is 0 Å². The summed E-state index contributed by atoms with van der Waals surface area (Å²) in [7, 11) is 3.17. The van der Waals surface area contributed by atoms with Crippen molar-refractivity contribution in [3.05, 3.63) is 22.2 Å². The Labute approximate surface area is 126 Å². The van der Waals surface area contributed by atoms with Crippen LogP contribution in [0, 0.1) is 0 Å². The van der Waals surface area contributed by atoms with E-state index in [0.29, 0.717) is 24.5 Å². The van der Waals surface area contributed by atoms with Crippen LogP contribution in [0.25, 0.3) is 0 Å². The minimum absolute atomic E-state index is 0.394. The number of carbonyl (C=O) groups is 1. The van der Waals surface area contributed by atoms with E-state index in [4.69, 9.17) is 9.47 Å². The van der Waals surface area contributed by atoms with E-state index in [1.807, 2.05) is 17.0 Å². The predicted octanol–water partition coefficient (Wildman–Crippen LogP) is 2.52. The molecule has 0 amide bonds. The molecule has 1 atom stereocenters. The normalized spacial score (nSPS) is 19.1. The zero-order chi connectivity index (χ0) is 14.7. The first-order valence-corrected chi connectivity index (χ1v) is 7.24. The van der Waals surface area contributed by atoms with E-state index in [2.05, 4.69) is 15.9 Å². The number of methoxy groups -OCH3 is 2. The second kappa shape index (κ2) is 6.45. The van der Waals surface area contributed by atoms with E-state index < -0.39 is 12.0 Å². The highest BCUT2D eigenvalue weighted by molar-refractivity contribution is 9.10. The number of ether oxygens (including phenoxy) is 2. The molecule has 0 spiro atoms. The fourth-order valence-electron chi connectivity index (χ4n) is 2.57. The molecular weight excluding hydrogens is 326 g/mol. The summed E-state index contributed by atoms with van der Waals surface area (Å²) in [5.41, 5.74) is 0.996. The second-order valence-electron chi connectivity index (χ2n) is 4.74. The smallest absolute Gasteiger partial charge is 0.320 e. The van der Waals surface area contributed by atoms with Crippen LogP contribution in [0.2, 0.25) is 0 Å². The van der Waals surface area contributed by atoms with Crippen molar-refractivity contribution in [3.8, 4) is 11.5 Å². The molecule has 1 aliphatic rings. The summed E-state index contributed by atoms with van der Waals surface area (Å²) in [5, 5.41) is 9.22. The Morgan fingerprint density at radius 3 is 2.80 bits per heavy atom. The third kappa shape index (κ3) is 2.91. The van der Waals surface area contributed by atoms with Crippen molar-refractivity contribution in [2.24, 2.45) is 0 Å². The molecule has 5 nitrogen and oxygen atoms in total. The lowest BCUT2D eigenvalue weighted by atomic mass is 10.1. The Balaban J connectivity index is 2.23. The molecular formula is C14H18BrNO4. The molecule has 0 aromatic heterocycles. The molecule has 1 N–H and O–H groups in total. The number of hydrogen-bond donors (Lipinski definition) is 1. The van der Waals surface area contributed by atoms with Gasteiger partial charge in [-0.15, -0.1) is 0 Å². The number of likely N-dealkylation sites (tertiary alicyclic amines) is 1. The van der Waals surface area contributed by atoms with Gasteiger partial charge in [-0.3, -0.25) is 9.69 Å². The van der Waals surface area contributed by atoms with Crippen LogP contribution in [-0.4, -0.2) is 42.8 Å². The van der Waals surface area contributed by atoms with Gasteiger partial charge in [0.05, 0.1) is 18.7 Å². The van der Waals surface area contributed by atoms with Crippen molar-refractivity contribution in [2.45, 2.75) is 25.4 Å². The molecule has 0 unspecified atom stereocenters.